The molecule has 15 heavy (non-hydrogen) atoms. The molecular weight excluding hydrogens is 212 g/mol. The Morgan fingerprint density at radius 3 is 3.13 bits per heavy atom. The van der Waals surface area contributed by atoms with E-state index in [9.17, 15) is 4.79 Å². The Morgan fingerprint density at radius 1 is 1.67 bits per heavy atom. The number of rotatable bonds is 6. The minimum atomic E-state index is -0.153. The molecule has 82 valence electrons. The smallest absolute Gasteiger partial charge is 0.270 e. The van der Waals surface area contributed by atoms with Crippen LogP contribution in [0.25, 0.3) is 0 Å². The normalized spacial score (nSPS) is 10.1. The first-order valence-electron chi connectivity index (χ1n) is 4.94. The SMILES string of the molecule is CCCn1c(SCCCC#N)n[nH]c1=O. The summed E-state index contributed by atoms with van der Waals surface area (Å²) in [5.74, 6) is 0.821. The van der Waals surface area contributed by atoms with E-state index in [0.717, 1.165) is 23.8 Å². The molecule has 0 bridgehead atoms. The van der Waals surface area contributed by atoms with E-state index in [4.69, 9.17) is 5.26 Å². The summed E-state index contributed by atoms with van der Waals surface area (Å²) in [6, 6.07) is 2.09. The third kappa shape index (κ3) is 3.44. The topological polar surface area (TPSA) is 74.5 Å². The van der Waals surface area contributed by atoms with Crippen LogP contribution in [0.2, 0.25) is 0 Å². The van der Waals surface area contributed by atoms with Crippen molar-refractivity contribution in [2.75, 3.05) is 5.75 Å². The van der Waals surface area contributed by atoms with Gasteiger partial charge in [-0.25, -0.2) is 9.89 Å². The lowest BCUT2D eigenvalue weighted by Gasteiger charge is -2.01. The maximum atomic E-state index is 11.3. The van der Waals surface area contributed by atoms with Crippen molar-refractivity contribution in [1.82, 2.24) is 14.8 Å². The molecule has 0 saturated heterocycles. The van der Waals surface area contributed by atoms with Crippen molar-refractivity contribution in [2.24, 2.45) is 0 Å². The van der Waals surface area contributed by atoms with Gasteiger partial charge in [-0.3, -0.25) is 4.57 Å². The fraction of sp³-hybridized carbons (Fsp3) is 0.667. The third-order valence-electron chi connectivity index (χ3n) is 1.83. The quantitative estimate of drug-likeness (QED) is 0.587. The van der Waals surface area contributed by atoms with Crippen molar-refractivity contribution in [3.05, 3.63) is 10.5 Å². The van der Waals surface area contributed by atoms with Crippen LogP contribution in [0.5, 0.6) is 0 Å². The molecule has 6 heteroatoms. The molecule has 1 aromatic rings. The van der Waals surface area contributed by atoms with E-state index in [-0.39, 0.29) is 5.69 Å². The second-order valence-corrected chi connectivity index (χ2v) is 4.14. The molecule has 0 radical (unpaired) electrons. The highest BCUT2D eigenvalue weighted by atomic mass is 32.2. The van der Waals surface area contributed by atoms with Crippen LogP contribution in [0, 0.1) is 11.3 Å². The number of nitrogens with one attached hydrogen (secondary N) is 1. The highest BCUT2D eigenvalue weighted by Crippen LogP contribution is 2.14. The molecule has 0 spiro atoms. The van der Waals surface area contributed by atoms with Crippen molar-refractivity contribution in [3.8, 4) is 6.07 Å². The predicted octanol–water partition coefficient (Wildman–Crippen LogP) is 1.38. The second-order valence-electron chi connectivity index (χ2n) is 3.07. The molecule has 0 amide bonds. The van der Waals surface area contributed by atoms with Crippen molar-refractivity contribution in [3.63, 3.8) is 0 Å². The molecule has 0 aliphatic rings. The van der Waals surface area contributed by atoms with E-state index in [0.29, 0.717) is 13.0 Å². The fourth-order valence-corrected chi connectivity index (χ4v) is 2.06. The average molecular weight is 226 g/mol. The van der Waals surface area contributed by atoms with Crippen molar-refractivity contribution in [1.29, 1.82) is 5.26 Å². The summed E-state index contributed by atoms with van der Waals surface area (Å²) in [5, 5.41) is 15.5. The van der Waals surface area contributed by atoms with Gasteiger partial charge in [0, 0.05) is 18.7 Å². The van der Waals surface area contributed by atoms with Crippen LogP contribution in [-0.2, 0) is 6.54 Å². The first-order chi connectivity index (χ1) is 7.29. The van der Waals surface area contributed by atoms with Crippen LogP contribution in [-0.4, -0.2) is 20.5 Å². The number of H-pyrrole nitrogens is 1. The zero-order valence-corrected chi connectivity index (χ0v) is 9.51. The van der Waals surface area contributed by atoms with Gasteiger partial charge in [0.2, 0.25) is 0 Å². The Morgan fingerprint density at radius 2 is 2.47 bits per heavy atom. The van der Waals surface area contributed by atoms with Gasteiger partial charge in [-0.15, -0.1) is 5.10 Å². The summed E-state index contributed by atoms with van der Waals surface area (Å²) in [6.07, 6.45) is 2.29. The molecule has 0 fully saturated rings. The Bertz CT molecular complexity index is 390. The minimum absolute atomic E-state index is 0.153. The van der Waals surface area contributed by atoms with Gasteiger partial charge in [0.1, 0.15) is 0 Å². The highest BCUT2D eigenvalue weighted by molar-refractivity contribution is 7.99. The molecular formula is C9H14N4OS. The van der Waals surface area contributed by atoms with Crippen LogP contribution in [0.1, 0.15) is 26.2 Å². The number of hydrogen-bond acceptors (Lipinski definition) is 4. The summed E-state index contributed by atoms with van der Waals surface area (Å²) >= 11 is 1.52. The Labute approximate surface area is 92.5 Å². The number of aromatic nitrogens is 3. The van der Waals surface area contributed by atoms with E-state index >= 15 is 0 Å². The van der Waals surface area contributed by atoms with Crippen LogP contribution >= 0.6 is 11.8 Å². The molecule has 1 aromatic heterocycles. The van der Waals surface area contributed by atoms with Gasteiger partial charge in [0.25, 0.3) is 0 Å². The standard InChI is InChI=1S/C9H14N4OS/c1-2-6-13-8(14)11-12-9(13)15-7-4-3-5-10/h2-4,6-7H2,1H3,(H,11,14). The van der Waals surface area contributed by atoms with E-state index < -0.39 is 0 Å². The molecule has 0 saturated carbocycles. The second kappa shape index (κ2) is 6.30. The van der Waals surface area contributed by atoms with Crippen LogP contribution in [0.15, 0.2) is 9.95 Å². The molecule has 1 heterocycles. The number of nitrogens with zero attached hydrogens (tertiary/aromatic N) is 3. The maximum Gasteiger partial charge on any atom is 0.343 e. The van der Waals surface area contributed by atoms with Gasteiger partial charge < -0.3 is 0 Å². The summed E-state index contributed by atoms with van der Waals surface area (Å²) in [7, 11) is 0. The lowest BCUT2D eigenvalue weighted by molar-refractivity contribution is 0.603. The summed E-state index contributed by atoms with van der Waals surface area (Å²) in [4.78, 5) is 11.3. The molecule has 5 nitrogen and oxygen atoms in total. The number of aromatic amines is 1. The fourth-order valence-electron chi connectivity index (χ4n) is 1.15. The average Bonchev–Trinajstić information content (AvgIpc) is 2.57. The molecule has 0 aliphatic carbocycles. The summed E-state index contributed by atoms with van der Waals surface area (Å²) in [5.41, 5.74) is -0.153. The zero-order chi connectivity index (χ0) is 11.1. The van der Waals surface area contributed by atoms with E-state index in [1.807, 2.05) is 6.92 Å². The van der Waals surface area contributed by atoms with Crippen molar-refractivity contribution < 1.29 is 0 Å². The lowest BCUT2D eigenvalue weighted by atomic mass is 10.4. The number of hydrogen-bond donors (Lipinski definition) is 1. The number of thioether (sulfide) groups is 1. The Hall–Kier alpha value is -1.22. The first-order valence-corrected chi connectivity index (χ1v) is 5.93. The van der Waals surface area contributed by atoms with Gasteiger partial charge >= 0.3 is 5.69 Å². The van der Waals surface area contributed by atoms with Gasteiger partial charge in [-0.1, -0.05) is 18.7 Å². The molecule has 1 N–H and O–H groups in total. The minimum Gasteiger partial charge on any atom is -0.270 e. The van der Waals surface area contributed by atoms with Gasteiger partial charge in [-0.05, 0) is 12.8 Å². The van der Waals surface area contributed by atoms with E-state index in [2.05, 4.69) is 16.3 Å². The highest BCUT2D eigenvalue weighted by Gasteiger charge is 2.06. The zero-order valence-electron chi connectivity index (χ0n) is 8.69. The number of unbranched alkanes of at least 4 members (excludes halogenated alkanes) is 1. The maximum absolute atomic E-state index is 11.3. The van der Waals surface area contributed by atoms with Gasteiger partial charge in [-0.2, -0.15) is 5.26 Å². The summed E-state index contributed by atoms with van der Waals surface area (Å²) in [6.45, 7) is 2.71. The Kier molecular flexibility index (Phi) is 4.98. The van der Waals surface area contributed by atoms with Gasteiger partial charge in [0.15, 0.2) is 5.16 Å². The molecule has 1 rings (SSSR count). The van der Waals surface area contributed by atoms with Crippen LogP contribution < -0.4 is 5.69 Å². The van der Waals surface area contributed by atoms with Crippen LogP contribution in [0.3, 0.4) is 0 Å². The van der Waals surface area contributed by atoms with E-state index in [1.54, 1.807) is 4.57 Å². The molecule has 0 aromatic carbocycles. The number of nitriles is 1. The molecule has 0 atom stereocenters. The van der Waals surface area contributed by atoms with Crippen molar-refractivity contribution in [2.45, 2.75) is 37.9 Å². The largest absolute Gasteiger partial charge is 0.343 e. The molecule has 0 aliphatic heterocycles. The predicted molar refractivity (Wildman–Crippen MR) is 58.7 cm³/mol. The molecule has 0 unspecified atom stereocenters. The summed E-state index contributed by atoms with van der Waals surface area (Å²) < 4.78 is 1.64. The van der Waals surface area contributed by atoms with Gasteiger partial charge in [0.05, 0.1) is 6.07 Å². The third-order valence-corrected chi connectivity index (χ3v) is 2.90. The first kappa shape index (κ1) is 11.9. The van der Waals surface area contributed by atoms with Crippen molar-refractivity contribution >= 4 is 11.8 Å². The van der Waals surface area contributed by atoms with Crippen LogP contribution in [0.4, 0.5) is 0 Å². The lowest BCUT2D eigenvalue weighted by Crippen LogP contribution is -2.17. The Balaban J connectivity index is 2.53. The van der Waals surface area contributed by atoms with E-state index in [1.165, 1.54) is 11.8 Å². The monoisotopic (exact) mass is 226 g/mol.